The minimum Gasteiger partial charge on any atom is -0.494 e. The summed E-state index contributed by atoms with van der Waals surface area (Å²) >= 11 is 1.45. The van der Waals surface area contributed by atoms with Crippen molar-refractivity contribution < 1.29 is 9.53 Å². The van der Waals surface area contributed by atoms with Crippen LogP contribution in [0.1, 0.15) is 41.6 Å². The van der Waals surface area contributed by atoms with E-state index in [-0.39, 0.29) is 17.9 Å². The van der Waals surface area contributed by atoms with E-state index in [2.05, 4.69) is 27.4 Å². The maximum atomic E-state index is 12.3. The van der Waals surface area contributed by atoms with Crippen molar-refractivity contribution in [2.75, 3.05) is 6.61 Å². The summed E-state index contributed by atoms with van der Waals surface area (Å²) in [6.07, 6.45) is 3.62. The second-order valence-corrected chi connectivity index (χ2v) is 7.92. The second-order valence-electron chi connectivity index (χ2n) is 6.72. The first-order valence-corrected chi connectivity index (χ1v) is 10.3. The van der Waals surface area contributed by atoms with Gasteiger partial charge in [-0.1, -0.05) is 13.3 Å². The molecule has 1 aromatic carbocycles. The van der Waals surface area contributed by atoms with Crippen LogP contribution in [0.2, 0.25) is 0 Å². The van der Waals surface area contributed by atoms with Gasteiger partial charge in [0.15, 0.2) is 0 Å². The molecule has 0 aliphatic heterocycles. The predicted molar refractivity (Wildman–Crippen MR) is 116 cm³/mol. The molecule has 0 atom stereocenters. The van der Waals surface area contributed by atoms with Crippen LogP contribution in [0.4, 0.5) is 0 Å². The van der Waals surface area contributed by atoms with Gasteiger partial charge < -0.3 is 9.72 Å². The summed E-state index contributed by atoms with van der Waals surface area (Å²) < 4.78 is 5.61. The maximum Gasteiger partial charge on any atom is 0.259 e. The van der Waals surface area contributed by atoms with Gasteiger partial charge in [-0.2, -0.15) is 5.10 Å². The Labute approximate surface area is 172 Å². The third-order valence-corrected chi connectivity index (χ3v) is 5.57. The van der Waals surface area contributed by atoms with Crippen molar-refractivity contribution in [2.45, 2.75) is 40.0 Å². The van der Waals surface area contributed by atoms with Crippen LogP contribution < -0.4 is 15.7 Å². The standard InChI is InChI=1S/C21H24N4O3S/c1-4-5-10-28-16-8-6-15(7-9-16)12-22-25-18(26)11-17-23-20(27)19-13(2)14(3)29-21(19)24-17/h6-9,12H,4-5,10-11H2,1-3H3,(H,25,26)(H,23,24,27)/b22-12-. The summed E-state index contributed by atoms with van der Waals surface area (Å²) in [5.74, 6) is 0.780. The van der Waals surface area contributed by atoms with E-state index in [1.54, 1.807) is 6.21 Å². The van der Waals surface area contributed by atoms with Crippen molar-refractivity contribution in [3.8, 4) is 5.75 Å². The summed E-state index contributed by atoms with van der Waals surface area (Å²) in [6, 6.07) is 7.47. The smallest absolute Gasteiger partial charge is 0.259 e. The normalized spacial score (nSPS) is 11.3. The van der Waals surface area contributed by atoms with Crippen molar-refractivity contribution >= 4 is 33.7 Å². The molecule has 1 amide bonds. The predicted octanol–water partition coefficient (Wildman–Crippen LogP) is 3.47. The highest BCUT2D eigenvalue weighted by Gasteiger charge is 2.13. The first kappa shape index (κ1) is 20.7. The molecular formula is C21H24N4O3S. The van der Waals surface area contributed by atoms with E-state index in [4.69, 9.17) is 4.74 Å². The van der Waals surface area contributed by atoms with Crippen LogP contribution in [0.15, 0.2) is 34.2 Å². The Bertz CT molecular complexity index is 1080. The Morgan fingerprint density at radius 2 is 2.07 bits per heavy atom. The number of H-pyrrole nitrogens is 1. The number of carbonyl (C=O) groups excluding carboxylic acids is 1. The molecule has 0 radical (unpaired) electrons. The molecule has 152 valence electrons. The number of carbonyl (C=O) groups is 1. The molecule has 2 N–H and O–H groups in total. The zero-order valence-corrected chi connectivity index (χ0v) is 17.6. The van der Waals surface area contributed by atoms with Crippen LogP contribution in [0.5, 0.6) is 5.75 Å². The van der Waals surface area contributed by atoms with Gasteiger partial charge in [-0.05, 0) is 55.7 Å². The lowest BCUT2D eigenvalue weighted by Gasteiger charge is -2.05. The Kier molecular flexibility index (Phi) is 6.77. The summed E-state index contributed by atoms with van der Waals surface area (Å²) in [5, 5.41) is 4.56. The largest absolute Gasteiger partial charge is 0.494 e. The molecule has 0 saturated carbocycles. The summed E-state index contributed by atoms with van der Waals surface area (Å²) in [4.78, 5) is 33.2. The van der Waals surface area contributed by atoms with Crippen LogP contribution in [0.25, 0.3) is 10.2 Å². The first-order chi connectivity index (χ1) is 14.0. The molecule has 0 unspecified atom stereocenters. The van der Waals surface area contributed by atoms with Gasteiger partial charge in [0.1, 0.15) is 16.4 Å². The number of aromatic amines is 1. The van der Waals surface area contributed by atoms with Gasteiger partial charge in [0.05, 0.1) is 24.6 Å². The number of amides is 1. The average molecular weight is 413 g/mol. The molecule has 0 spiro atoms. The molecule has 0 aliphatic rings. The molecule has 3 rings (SSSR count). The van der Waals surface area contributed by atoms with E-state index in [0.717, 1.165) is 34.6 Å². The number of aryl methyl sites for hydroxylation is 2. The number of hydrogen-bond donors (Lipinski definition) is 2. The number of fused-ring (bicyclic) bond motifs is 1. The molecule has 0 saturated heterocycles. The van der Waals surface area contributed by atoms with Gasteiger partial charge in [-0.25, -0.2) is 10.4 Å². The quantitative estimate of drug-likeness (QED) is 0.336. The van der Waals surface area contributed by atoms with Crippen LogP contribution in [0, 0.1) is 13.8 Å². The zero-order valence-electron chi connectivity index (χ0n) is 16.7. The number of nitrogens with one attached hydrogen (secondary N) is 2. The molecule has 0 aliphatic carbocycles. The molecule has 29 heavy (non-hydrogen) atoms. The molecule has 8 heteroatoms. The number of unbranched alkanes of at least 4 members (excludes halogenated alkanes) is 1. The average Bonchev–Trinajstić information content (AvgIpc) is 2.97. The first-order valence-electron chi connectivity index (χ1n) is 9.51. The number of hydrogen-bond acceptors (Lipinski definition) is 6. The topological polar surface area (TPSA) is 96.4 Å². The number of thiophene rings is 1. The molecule has 2 heterocycles. The van der Waals surface area contributed by atoms with Crippen molar-refractivity contribution in [3.05, 3.63) is 56.4 Å². The SMILES string of the molecule is CCCCOc1ccc(/C=N\NC(=O)Cc2nc3sc(C)c(C)c3c(=O)[nH]2)cc1. The van der Waals surface area contributed by atoms with Gasteiger partial charge in [0, 0.05) is 4.88 Å². The van der Waals surface area contributed by atoms with Crippen molar-refractivity contribution in [1.29, 1.82) is 0 Å². The molecular weight excluding hydrogens is 388 g/mol. The van der Waals surface area contributed by atoms with Crippen LogP contribution in [0.3, 0.4) is 0 Å². The molecule has 7 nitrogen and oxygen atoms in total. The minimum atomic E-state index is -0.353. The van der Waals surface area contributed by atoms with Gasteiger partial charge in [-0.3, -0.25) is 9.59 Å². The number of ether oxygens (including phenoxy) is 1. The molecule has 0 bridgehead atoms. The van der Waals surface area contributed by atoms with E-state index >= 15 is 0 Å². The second kappa shape index (κ2) is 9.47. The highest BCUT2D eigenvalue weighted by atomic mass is 32.1. The Morgan fingerprint density at radius 1 is 1.31 bits per heavy atom. The Balaban J connectivity index is 1.57. The van der Waals surface area contributed by atoms with E-state index in [0.29, 0.717) is 22.6 Å². The maximum absolute atomic E-state index is 12.3. The highest BCUT2D eigenvalue weighted by molar-refractivity contribution is 7.18. The van der Waals surface area contributed by atoms with Crippen LogP contribution >= 0.6 is 11.3 Å². The molecule has 3 aromatic rings. The Hall–Kier alpha value is -3.00. The Morgan fingerprint density at radius 3 is 2.79 bits per heavy atom. The lowest BCUT2D eigenvalue weighted by molar-refractivity contribution is -0.120. The van der Waals surface area contributed by atoms with Crippen molar-refractivity contribution in [2.24, 2.45) is 5.10 Å². The number of hydrazone groups is 1. The minimum absolute atomic E-state index is 0.0529. The third kappa shape index (κ3) is 5.29. The number of benzene rings is 1. The number of aromatic nitrogens is 2. The van der Waals surface area contributed by atoms with Gasteiger partial charge >= 0.3 is 0 Å². The van der Waals surface area contributed by atoms with Gasteiger partial charge in [-0.15, -0.1) is 11.3 Å². The lowest BCUT2D eigenvalue weighted by Crippen LogP contribution is -2.23. The summed E-state index contributed by atoms with van der Waals surface area (Å²) in [7, 11) is 0. The van der Waals surface area contributed by atoms with Gasteiger partial charge in [0.2, 0.25) is 5.91 Å². The fraction of sp³-hybridized carbons (Fsp3) is 0.333. The van der Waals surface area contributed by atoms with E-state index in [9.17, 15) is 9.59 Å². The fourth-order valence-electron chi connectivity index (χ4n) is 2.74. The highest BCUT2D eigenvalue weighted by Crippen LogP contribution is 2.25. The van der Waals surface area contributed by atoms with Gasteiger partial charge in [0.25, 0.3) is 5.56 Å². The summed E-state index contributed by atoms with van der Waals surface area (Å²) in [5.41, 5.74) is 4.01. The fourth-order valence-corrected chi connectivity index (χ4v) is 3.79. The molecule has 2 aromatic heterocycles. The van der Waals surface area contributed by atoms with Crippen LogP contribution in [-0.4, -0.2) is 28.7 Å². The van der Waals surface area contributed by atoms with E-state index in [1.165, 1.54) is 11.3 Å². The molecule has 0 fully saturated rings. The summed E-state index contributed by atoms with van der Waals surface area (Å²) in [6.45, 7) is 6.67. The van der Waals surface area contributed by atoms with Crippen molar-refractivity contribution in [3.63, 3.8) is 0 Å². The lowest BCUT2D eigenvalue weighted by atomic mass is 10.2. The zero-order chi connectivity index (χ0) is 20.8. The van der Waals surface area contributed by atoms with Crippen molar-refractivity contribution in [1.82, 2.24) is 15.4 Å². The number of nitrogens with zero attached hydrogens (tertiary/aromatic N) is 2. The van der Waals surface area contributed by atoms with Crippen LogP contribution in [-0.2, 0) is 11.2 Å². The number of rotatable bonds is 8. The monoisotopic (exact) mass is 412 g/mol. The van der Waals surface area contributed by atoms with E-state index in [1.807, 2.05) is 38.1 Å². The third-order valence-electron chi connectivity index (χ3n) is 4.47. The van der Waals surface area contributed by atoms with E-state index < -0.39 is 0 Å².